The molecule has 0 spiro atoms. The molecule has 0 radical (unpaired) electrons. The third-order valence-electron chi connectivity index (χ3n) is 4.48. The standard InChI is InChI=1S/C20H25BO9/c1-4-27-20(25)29-13(3)28-19(24)17-7-5-6-14-10-15(21(26)30-18(14)17)11-16(23)9-8-12(2)22/h5-7,13,15,26H,4,8-11H2,1-3H3/t13?,15-/m1/s1. The van der Waals surface area contributed by atoms with Crippen LogP contribution in [0.2, 0.25) is 5.82 Å². The molecule has 0 aromatic heterocycles. The first-order valence-corrected chi connectivity index (χ1v) is 9.73. The van der Waals surface area contributed by atoms with Crippen molar-refractivity contribution in [3.63, 3.8) is 0 Å². The highest BCUT2D eigenvalue weighted by atomic mass is 16.8. The summed E-state index contributed by atoms with van der Waals surface area (Å²) in [5.74, 6) is -1.34. The molecule has 10 heteroatoms. The number of para-hydroxylation sites is 1. The molecule has 1 heterocycles. The molecule has 0 amide bonds. The summed E-state index contributed by atoms with van der Waals surface area (Å²) in [4.78, 5) is 46.9. The monoisotopic (exact) mass is 420 g/mol. The third kappa shape index (κ3) is 6.58. The smallest absolute Gasteiger partial charge is 0.526 e. The Kier molecular flexibility index (Phi) is 8.40. The zero-order valence-electron chi connectivity index (χ0n) is 17.2. The summed E-state index contributed by atoms with van der Waals surface area (Å²) in [7, 11) is -1.29. The summed E-state index contributed by atoms with van der Waals surface area (Å²) in [6.07, 6.45) is -1.48. The van der Waals surface area contributed by atoms with Gasteiger partial charge in [-0.05, 0) is 31.9 Å². The Labute approximate surface area is 174 Å². The molecular formula is C20H25BO9. The molecule has 1 aromatic rings. The van der Waals surface area contributed by atoms with Crippen LogP contribution in [0.4, 0.5) is 4.79 Å². The number of benzene rings is 1. The molecule has 30 heavy (non-hydrogen) atoms. The van der Waals surface area contributed by atoms with Gasteiger partial charge in [-0.2, -0.15) is 0 Å². The molecule has 9 nitrogen and oxygen atoms in total. The molecule has 0 saturated carbocycles. The predicted molar refractivity (Wildman–Crippen MR) is 105 cm³/mol. The molecule has 0 aliphatic carbocycles. The van der Waals surface area contributed by atoms with Gasteiger partial charge in [0.15, 0.2) is 0 Å². The summed E-state index contributed by atoms with van der Waals surface area (Å²) in [6, 6.07) is 4.81. The number of ketones is 2. The van der Waals surface area contributed by atoms with Crippen LogP contribution in [0.5, 0.6) is 5.75 Å². The average Bonchev–Trinajstić information content (AvgIpc) is 2.66. The Morgan fingerprint density at radius 3 is 2.63 bits per heavy atom. The summed E-state index contributed by atoms with van der Waals surface area (Å²) in [6.45, 7) is 4.51. The van der Waals surface area contributed by atoms with Crippen molar-refractivity contribution in [2.75, 3.05) is 6.61 Å². The first kappa shape index (κ1) is 23.4. The topological polar surface area (TPSA) is 125 Å². The van der Waals surface area contributed by atoms with Crippen LogP contribution in [0.15, 0.2) is 18.2 Å². The number of hydrogen-bond acceptors (Lipinski definition) is 9. The summed E-state index contributed by atoms with van der Waals surface area (Å²) < 4.78 is 20.0. The minimum Gasteiger partial charge on any atom is -0.535 e. The van der Waals surface area contributed by atoms with E-state index in [0.29, 0.717) is 12.0 Å². The minimum atomic E-state index is -1.29. The van der Waals surface area contributed by atoms with E-state index < -0.39 is 31.4 Å². The Hall–Kier alpha value is -2.88. The lowest BCUT2D eigenvalue weighted by Crippen LogP contribution is -2.36. The van der Waals surface area contributed by atoms with Gasteiger partial charge in [0.25, 0.3) is 0 Å². The number of hydrogen-bond donors (Lipinski definition) is 1. The van der Waals surface area contributed by atoms with Crippen molar-refractivity contribution in [2.45, 2.75) is 58.6 Å². The van der Waals surface area contributed by atoms with Gasteiger partial charge in [0.2, 0.25) is 6.29 Å². The van der Waals surface area contributed by atoms with Crippen LogP contribution in [-0.2, 0) is 30.2 Å². The van der Waals surface area contributed by atoms with E-state index in [1.807, 2.05) is 0 Å². The van der Waals surface area contributed by atoms with E-state index in [9.17, 15) is 24.2 Å². The second-order valence-corrected chi connectivity index (χ2v) is 6.99. The Morgan fingerprint density at radius 1 is 1.23 bits per heavy atom. The number of carbonyl (C=O) groups excluding carboxylic acids is 4. The van der Waals surface area contributed by atoms with Gasteiger partial charge in [-0.15, -0.1) is 0 Å². The second kappa shape index (κ2) is 10.8. The van der Waals surface area contributed by atoms with Crippen molar-refractivity contribution >= 4 is 30.8 Å². The molecule has 0 fully saturated rings. The first-order chi connectivity index (χ1) is 14.2. The molecule has 1 aromatic carbocycles. The fraction of sp³-hybridized carbons (Fsp3) is 0.500. The van der Waals surface area contributed by atoms with E-state index in [1.54, 1.807) is 19.1 Å². The fourth-order valence-corrected chi connectivity index (χ4v) is 3.05. The first-order valence-electron chi connectivity index (χ1n) is 9.73. The van der Waals surface area contributed by atoms with Gasteiger partial charge in [-0.1, -0.05) is 12.1 Å². The van der Waals surface area contributed by atoms with E-state index in [1.165, 1.54) is 19.9 Å². The largest absolute Gasteiger partial charge is 0.535 e. The second-order valence-electron chi connectivity index (χ2n) is 6.99. The average molecular weight is 420 g/mol. The van der Waals surface area contributed by atoms with E-state index in [2.05, 4.69) is 4.74 Å². The minimum absolute atomic E-state index is 0.0622. The van der Waals surface area contributed by atoms with Crippen LogP contribution in [0.3, 0.4) is 0 Å². The quantitative estimate of drug-likeness (QED) is 0.364. The van der Waals surface area contributed by atoms with Crippen LogP contribution in [0, 0.1) is 0 Å². The Morgan fingerprint density at radius 2 is 1.97 bits per heavy atom. The molecule has 2 rings (SSSR count). The number of esters is 1. The molecule has 1 aliphatic rings. The van der Waals surface area contributed by atoms with Crippen LogP contribution >= 0.6 is 0 Å². The normalized spacial score (nSPS) is 16.0. The van der Waals surface area contributed by atoms with Crippen molar-refractivity contribution in [3.8, 4) is 5.75 Å². The lowest BCUT2D eigenvalue weighted by atomic mass is 9.64. The molecule has 1 unspecified atom stereocenters. The number of rotatable bonds is 9. The number of ether oxygens (including phenoxy) is 3. The lowest BCUT2D eigenvalue weighted by molar-refractivity contribution is -0.123. The number of carbonyl (C=O) groups is 4. The molecular weight excluding hydrogens is 395 g/mol. The van der Waals surface area contributed by atoms with Gasteiger partial charge in [0.05, 0.1) is 6.61 Å². The Bertz CT molecular complexity index is 807. The highest BCUT2D eigenvalue weighted by molar-refractivity contribution is 6.47. The fourth-order valence-electron chi connectivity index (χ4n) is 3.05. The van der Waals surface area contributed by atoms with Crippen molar-refractivity contribution in [3.05, 3.63) is 29.3 Å². The molecule has 162 valence electrons. The van der Waals surface area contributed by atoms with E-state index in [0.717, 1.165) is 0 Å². The number of Topliss-reactive ketones (excluding diaryl/α,β-unsaturated/α-hetero) is 2. The van der Waals surface area contributed by atoms with Crippen LogP contribution in [0.1, 0.15) is 56.0 Å². The zero-order chi connectivity index (χ0) is 22.3. The summed E-state index contributed by atoms with van der Waals surface area (Å²) in [5, 5.41) is 10.3. The maximum absolute atomic E-state index is 12.5. The highest BCUT2D eigenvalue weighted by Gasteiger charge is 2.38. The SMILES string of the molecule is CCOC(=O)OC(C)OC(=O)c1cccc2c1OB(O)[C@@H](CC(=O)CCC(C)=O)C2. The molecule has 1 aliphatic heterocycles. The highest BCUT2D eigenvalue weighted by Crippen LogP contribution is 2.36. The van der Waals surface area contributed by atoms with E-state index in [4.69, 9.17) is 14.1 Å². The van der Waals surface area contributed by atoms with Crippen LogP contribution < -0.4 is 4.65 Å². The molecule has 0 bridgehead atoms. The van der Waals surface area contributed by atoms with Gasteiger partial charge < -0.3 is 28.7 Å². The van der Waals surface area contributed by atoms with Crippen molar-refractivity contribution in [2.24, 2.45) is 0 Å². The maximum Gasteiger partial charge on any atom is 0.526 e. The number of fused-ring (bicyclic) bond motifs is 1. The molecule has 2 atom stereocenters. The molecule has 1 N–H and O–H groups in total. The van der Waals surface area contributed by atoms with Gasteiger partial charge in [0, 0.05) is 32.0 Å². The zero-order valence-corrected chi connectivity index (χ0v) is 17.2. The van der Waals surface area contributed by atoms with Crippen molar-refractivity contribution in [1.29, 1.82) is 0 Å². The van der Waals surface area contributed by atoms with Gasteiger partial charge in [-0.25, -0.2) is 9.59 Å². The van der Waals surface area contributed by atoms with Crippen molar-refractivity contribution < 1.29 is 43.1 Å². The van der Waals surface area contributed by atoms with Gasteiger partial charge in [-0.3, -0.25) is 4.79 Å². The lowest BCUT2D eigenvalue weighted by Gasteiger charge is -2.28. The van der Waals surface area contributed by atoms with E-state index >= 15 is 0 Å². The summed E-state index contributed by atoms with van der Waals surface area (Å²) in [5.41, 5.74) is 0.699. The van der Waals surface area contributed by atoms with Gasteiger partial charge in [0.1, 0.15) is 22.9 Å². The summed E-state index contributed by atoms with van der Waals surface area (Å²) >= 11 is 0. The third-order valence-corrected chi connectivity index (χ3v) is 4.48. The molecule has 0 saturated heterocycles. The maximum atomic E-state index is 12.5. The predicted octanol–water partition coefficient (Wildman–Crippen LogP) is 2.48. The van der Waals surface area contributed by atoms with Crippen LogP contribution in [-0.4, -0.2) is 48.7 Å². The van der Waals surface area contributed by atoms with Crippen molar-refractivity contribution in [1.82, 2.24) is 0 Å². The van der Waals surface area contributed by atoms with Gasteiger partial charge >= 0.3 is 19.2 Å². The van der Waals surface area contributed by atoms with E-state index in [-0.39, 0.29) is 48.7 Å². The Balaban J connectivity index is 2.05. The van der Waals surface area contributed by atoms with Crippen LogP contribution in [0.25, 0.3) is 0 Å².